The van der Waals surface area contributed by atoms with Gasteiger partial charge in [-0.05, 0) is 25.1 Å². The highest BCUT2D eigenvalue weighted by Crippen LogP contribution is 2.17. The van der Waals surface area contributed by atoms with Crippen molar-refractivity contribution in [3.63, 3.8) is 0 Å². The number of nitrogens with one attached hydrogen (secondary N) is 3. The van der Waals surface area contributed by atoms with Gasteiger partial charge in [0.25, 0.3) is 5.91 Å². The number of aromatic amines is 1. The van der Waals surface area contributed by atoms with E-state index in [1.165, 1.54) is 0 Å². The van der Waals surface area contributed by atoms with Crippen LogP contribution in [0.25, 0.3) is 10.9 Å². The number of para-hydroxylation sites is 1. The maximum absolute atomic E-state index is 12.2. The Balaban J connectivity index is 1.31. The van der Waals surface area contributed by atoms with Gasteiger partial charge < -0.3 is 4.98 Å². The molecule has 9 heteroatoms. The smallest absolute Gasteiger partial charge is 0.257 e. The van der Waals surface area contributed by atoms with Crippen molar-refractivity contribution in [1.29, 1.82) is 0 Å². The van der Waals surface area contributed by atoms with Crippen molar-refractivity contribution in [2.24, 2.45) is 5.10 Å². The van der Waals surface area contributed by atoms with Gasteiger partial charge in [-0.1, -0.05) is 47.2 Å². The Morgan fingerprint density at radius 3 is 2.77 bits per heavy atom. The quantitative estimate of drug-likeness (QED) is 0.329. The first-order valence-electron chi connectivity index (χ1n) is 9.17. The summed E-state index contributed by atoms with van der Waals surface area (Å²) in [6.45, 7) is 1.95. The summed E-state index contributed by atoms with van der Waals surface area (Å²) in [5.41, 5.74) is 5.96. The van der Waals surface area contributed by atoms with Crippen molar-refractivity contribution >= 4 is 45.4 Å². The van der Waals surface area contributed by atoms with Crippen LogP contribution in [0, 0.1) is 6.92 Å². The molecule has 2 amide bonds. The SMILES string of the molecule is Cc1ccc(C(=O)Nc2nnc(CC(=O)NN=Cc3c[nH]c4ccccc34)s2)cc1. The lowest BCUT2D eigenvalue weighted by Crippen LogP contribution is -2.19. The van der Waals surface area contributed by atoms with Crippen LogP contribution in [0.1, 0.15) is 26.5 Å². The zero-order chi connectivity index (χ0) is 20.9. The van der Waals surface area contributed by atoms with E-state index in [0.717, 1.165) is 33.4 Å². The zero-order valence-electron chi connectivity index (χ0n) is 16.0. The van der Waals surface area contributed by atoms with Crippen molar-refractivity contribution in [2.45, 2.75) is 13.3 Å². The molecule has 0 aliphatic rings. The average Bonchev–Trinajstić information content (AvgIpc) is 3.35. The maximum Gasteiger partial charge on any atom is 0.257 e. The fourth-order valence-electron chi connectivity index (χ4n) is 2.80. The van der Waals surface area contributed by atoms with Crippen LogP contribution in [0.2, 0.25) is 0 Å². The zero-order valence-corrected chi connectivity index (χ0v) is 16.9. The summed E-state index contributed by atoms with van der Waals surface area (Å²) in [6, 6.07) is 15.0. The summed E-state index contributed by atoms with van der Waals surface area (Å²) in [5, 5.41) is 16.4. The highest BCUT2D eigenvalue weighted by atomic mass is 32.1. The number of amides is 2. The van der Waals surface area contributed by atoms with E-state index in [0.29, 0.717) is 15.7 Å². The fraction of sp³-hybridized carbons (Fsp3) is 0.0952. The summed E-state index contributed by atoms with van der Waals surface area (Å²) in [4.78, 5) is 27.5. The van der Waals surface area contributed by atoms with Gasteiger partial charge >= 0.3 is 0 Å². The maximum atomic E-state index is 12.2. The number of rotatable bonds is 6. The summed E-state index contributed by atoms with van der Waals surface area (Å²) < 4.78 is 0. The topological polar surface area (TPSA) is 112 Å². The van der Waals surface area contributed by atoms with E-state index >= 15 is 0 Å². The van der Waals surface area contributed by atoms with E-state index in [1.54, 1.807) is 18.3 Å². The van der Waals surface area contributed by atoms with E-state index in [9.17, 15) is 9.59 Å². The third-order valence-corrected chi connectivity index (χ3v) is 5.17. The minimum atomic E-state index is -0.321. The lowest BCUT2D eigenvalue weighted by Gasteiger charge is -2.01. The third-order valence-electron chi connectivity index (χ3n) is 4.33. The Hall–Kier alpha value is -3.85. The number of carbonyl (C=O) groups excluding carboxylic acids is 2. The standard InChI is InChI=1S/C21H18N6O2S/c1-13-6-8-14(9-7-13)20(29)24-21-27-26-19(30-21)10-18(28)25-23-12-15-11-22-17-5-3-2-4-16(15)17/h2-9,11-12,22H,10H2,1H3,(H,25,28)(H,24,27,29). The van der Waals surface area contributed by atoms with Gasteiger partial charge in [0.2, 0.25) is 11.0 Å². The van der Waals surface area contributed by atoms with Gasteiger partial charge in [0.15, 0.2) is 0 Å². The Morgan fingerprint density at radius 2 is 1.93 bits per heavy atom. The first-order valence-corrected chi connectivity index (χ1v) is 9.98. The first kappa shape index (κ1) is 19.5. The minimum absolute atomic E-state index is 0.0172. The molecule has 4 aromatic rings. The number of H-pyrrole nitrogens is 1. The van der Waals surface area contributed by atoms with Crippen LogP contribution in [-0.4, -0.2) is 33.2 Å². The molecule has 8 nitrogen and oxygen atoms in total. The molecule has 2 heterocycles. The van der Waals surface area contributed by atoms with E-state index in [2.05, 4.69) is 31.0 Å². The van der Waals surface area contributed by atoms with Crippen molar-refractivity contribution in [1.82, 2.24) is 20.6 Å². The number of aromatic nitrogens is 3. The van der Waals surface area contributed by atoms with E-state index in [4.69, 9.17) is 0 Å². The Morgan fingerprint density at radius 1 is 1.13 bits per heavy atom. The molecule has 0 aliphatic carbocycles. The lowest BCUT2D eigenvalue weighted by atomic mass is 10.1. The number of aryl methyl sites for hydroxylation is 1. The molecule has 0 fully saturated rings. The molecule has 0 atom stereocenters. The Labute approximate surface area is 176 Å². The lowest BCUT2D eigenvalue weighted by molar-refractivity contribution is -0.120. The second-order valence-corrected chi connectivity index (χ2v) is 7.64. The second-order valence-electron chi connectivity index (χ2n) is 6.58. The van der Waals surface area contributed by atoms with Crippen molar-refractivity contribution in [3.05, 3.63) is 76.4 Å². The third kappa shape index (κ3) is 4.58. The van der Waals surface area contributed by atoms with E-state index in [1.807, 2.05) is 49.5 Å². The predicted molar refractivity (Wildman–Crippen MR) is 117 cm³/mol. The van der Waals surface area contributed by atoms with Gasteiger partial charge in [-0.25, -0.2) is 5.43 Å². The molecule has 0 saturated carbocycles. The molecule has 3 N–H and O–H groups in total. The van der Waals surface area contributed by atoms with Gasteiger partial charge in [0, 0.05) is 28.2 Å². The van der Waals surface area contributed by atoms with Crippen molar-refractivity contribution in [2.75, 3.05) is 5.32 Å². The fourth-order valence-corrected chi connectivity index (χ4v) is 3.53. The number of anilines is 1. The molecule has 0 bridgehead atoms. The summed E-state index contributed by atoms with van der Waals surface area (Å²) in [7, 11) is 0. The number of benzene rings is 2. The summed E-state index contributed by atoms with van der Waals surface area (Å²) >= 11 is 1.15. The molecule has 0 aliphatic heterocycles. The normalized spacial score (nSPS) is 11.1. The Kier molecular flexibility index (Phi) is 5.62. The predicted octanol–water partition coefficient (Wildman–Crippen LogP) is 3.27. The average molecular weight is 418 g/mol. The molecular weight excluding hydrogens is 400 g/mol. The second kappa shape index (κ2) is 8.66. The largest absolute Gasteiger partial charge is 0.361 e. The molecule has 0 spiro atoms. The highest BCUT2D eigenvalue weighted by Gasteiger charge is 2.12. The number of nitrogens with zero attached hydrogens (tertiary/aromatic N) is 3. The minimum Gasteiger partial charge on any atom is -0.361 e. The summed E-state index contributed by atoms with van der Waals surface area (Å²) in [5.74, 6) is -0.593. The van der Waals surface area contributed by atoms with Crippen LogP contribution in [0.15, 0.2) is 59.8 Å². The number of hydrogen-bond donors (Lipinski definition) is 3. The van der Waals surface area contributed by atoms with Gasteiger partial charge in [-0.3, -0.25) is 14.9 Å². The number of carbonyl (C=O) groups is 2. The van der Waals surface area contributed by atoms with Gasteiger partial charge in [0.1, 0.15) is 5.01 Å². The van der Waals surface area contributed by atoms with Gasteiger partial charge in [0.05, 0.1) is 12.6 Å². The monoisotopic (exact) mass is 418 g/mol. The van der Waals surface area contributed by atoms with Crippen LogP contribution >= 0.6 is 11.3 Å². The summed E-state index contributed by atoms with van der Waals surface area (Å²) in [6.07, 6.45) is 3.43. The molecule has 150 valence electrons. The Bertz CT molecular complexity index is 1230. The molecule has 30 heavy (non-hydrogen) atoms. The molecule has 0 radical (unpaired) electrons. The van der Waals surface area contributed by atoms with E-state index in [-0.39, 0.29) is 18.2 Å². The van der Waals surface area contributed by atoms with Crippen LogP contribution in [0.3, 0.4) is 0 Å². The number of fused-ring (bicyclic) bond motifs is 1. The van der Waals surface area contributed by atoms with Crippen LogP contribution in [-0.2, 0) is 11.2 Å². The molecule has 0 saturated heterocycles. The van der Waals surface area contributed by atoms with Gasteiger partial charge in [-0.2, -0.15) is 5.10 Å². The van der Waals surface area contributed by atoms with Crippen molar-refractivity contribution in [3.8, 4) is 0 Å². The van der Waals surface area contributed by atoms with Crippen LogP contribution in [0.5, 0.6) is 0 Å². The molecule has 4 rings (SSSR count). The molecular formula is C21H18N6O2S. The van der Waals surface area contributed by atoms with E-state index < -0.39 is 0 Å². The molecule has 2 aromatic carbocycles. The molecule has 2 aromatic heterocycles. The number of hydrogen-bond acceptors (Lipinski definition) is 6. The highest BCUT2D eigenvalue weighted by molar-refractivity contribution is 7.15. The number of hydrazone groups is 1. The van der Waals surface area contributed by atoms with Crippen LogP contribution < -0.4 is 10.7 Å². The molecule has 0 unspecified atom stereocenters. The van der Waals surface area contributed by atoms with Crippen LogP contribution in [0.4, 0.5) is 5.13 Å². The van der Waals surface area contributed by atoms with Gasteiger partial charge in [-0.15, -0.1) is 10.2 Å². The first-order chi connectivity index (χ1) is 14.6. The van der Waals surface area contributed by atoms with Crippen molar-refractivity contribution < 1.29 is 9.59 Å².